The fraction of sp³-hybridized carbons (Fsp3) is 0.300. The second kappa shape index (κ2) is 7.83. The number of hydrogen-bond donors (Lipinski definition) is 2. The number of fused-ring (bicyclic) bond motifs is 1. The highest BCUT2D eigenvalue weighted by Crippen LogP contribution is 2.18. The molecule has 0 bridgehead atoms. The van der Waals surface area contributed by atoms with Gasteiger partial charge in [-0.15, -0.1) is 0 Å². The third-order valence-corrected chi connectivity index (χ3v) is 4.34. The van der Waals surface area contributed by atoms with E-state index in [1.54, 1.807) is 0 Å². The average Bonchev–Trinajstić information content (AvgIpc) is 2.62. The lowest BCUT2D eigenvalue weighted by Gasteiger charge is -2.31. The summed E-state index contributed by atoms with van der Waals surface area (Å²) in [5, 5.41) is 6.24. The highest BCUT2D eigenvalue weighted by Gasteiger charge is 2.18. The van der Waals surface area contributed by atoms with Crippen molar-refractivity contribution < 1.29 is 4.79 Å². The number of amides is 1. The molecule has 1 aliphatic rings. The Morgan fingerprint density at radius 3 is 2.72 bits per heavy atom. The van der Waals surface area contributed by atoms with E-state index in [0.717, 1.165) is 36.7 Å². The van der Waals surface area contributed by atoms with Gasteiger partial charge in [0.1, 0.15) is 0 Å². The van der Waals surface area contributed by atoms with Gasteiger partial charge in [0.2, 0.25) is 5.91 Å². The first-order chi connectivity index (χ1) is 12.2. The molecule has 0 saturated carbocycles. The van der Waals surface area contributed by atoms with E-state index in [0.29, 0.717) is 6.54 Å². The van der Waals surface area contributed by atoms with Crippen LogP contribution in [0, 0.1) is 0 Å². The van der Waals surface area contributed by atoms with Gasteiger partial charge in [0, 0.05) is 39.3 Å². The van der Waals surface area contributed by atoms with Crippen LogP contribution in [0.1, 0.15) is 23.6 Å². The summed E-state index contributed by atoms with van der Waals surface area (Å²) in [5.74, 6) is 0.840. The van der Waals surface area contributed by atoms with Crippen molar-refractivity contribution in [3.05, 3.63) is 65.2 Å². The number of nitrogens with zero attached hydrogens (tertiary/aromatic N) is 2. The Bertz CT molecular complexity index is 785. The minimum Gasteiger partial charge on any atom is -0.352 e. The number of nitrogens with one attached hydrogen (secondary N) is 2. The minimum absolute atomic E-state index is 0.0621. The quantitative estimate of drug-likeness (QED) is 0.669. The minimum atomic E-state index is -0.0621. The maximum Gasteiger partial charge on any atom is 0.221 e. The molecule has 1 aliphatic heterocycles. The Morgan fingerprint density at radius 1 is 1.16 bits per heavy atom. The number of anilines is 1. The molecule has 0 spiro atoms. The first-order valence-corrected chi connectivity index (χ1v) is 8.54. The summed E-state index contributed by atoms with van der Waals surface area (Å²) in [6.45, 7) is 4.02. The lowest BCUT2D eigenvalue weighted by atomic mass is 10.0. The van der Waals surface area contributed by atoms with Crippen LogP contribution in [0.2, 0.25) is 0 Å². The Hall–Kier alpha value is -2.82. The van der Waals surface area contributed by atoms with Gasteiger partial charge in [-0.3, -0.25) is 9.79 Å². The van der Waals surface area contributed by atoms with Gasteiger partial charge in [0.25, 0.3) is 0 Å². The van der Waals surface area contributed by atoms with E-state index in [1.165, 1.54) is 18.1 Å². The number of carbonyl (C=O) groups excluding carboxylic acids is 1. The molecule has 0 fully saturated rings. The standard InChI is InChI=1S/C20H24N4O/c1-15(25)23-19-9-5-6-16(12-19)13-22-20(21-2)24-11-10-17-7-3-4-8-18(17)14-24/h3-9,12H,10-11,13-14H2,1-2H3,(H,21,22)(H,23,25). The number of hydrogen-bond acceptors (Lipinski definition) is 2. The van der Waals surface area contributed by atoms with Crippen molar-refractivity contribution in [1.82, 2.24) is 10.2 Å². The summed E-state index contributed by atoms with van der Waals surface area (Å²) < 4.78 is 0. The molecule has 2 aromatic rings. The third kappa shape index (κ3) is 4.38. The Morgan fingerprint density at radius 2 is 1.96 bits per heavy atom. The van der Waals surface area contributed by atoms with Crippen molar-refractivity contribution >= 4 is 17.6 Å². The van der Waals surface area contributed by atoms with Crippen LogP contribution in [0.5, 0.6) is 0 Å². The van der Waals surface area contributed by atoms with Crippen LogP contribution in [-0.2, 0) is 24.3 Å². The smallest absolute Gasteiger partial charge is 0.221 e. The zero-order valence-corrected chi connectivity index (χ0v) is 14.7. The molecule has 1 heterocycles. The highest BCUT2D eigenvalue weighted by molar-refractivity contribution is 5.88. The van der Waals surface area contributed by atoms with Crippen molar-refractivity contribution in [1.29, 1.82) is 0 Å². The molecule has 2 aromatic carbocycles. The molecule has 0 radical (unpaired) electrons. The maximum atomic E-state index is 11.2. The zero-order chi connectivity index (χ0) is 17.6. The summed E-state index contributed by atoms with van der Waals surface area (Å²) in [4.78, 5) is 17.9. The van der Waals surface area contributed by atoms with E-state index in [9.17, 15) is 4.79 Å². The van der Waals surface area contributed by atoms with Gasteiger partial charge in [0.05, 0.1) is 0 Å². The summed E-state index contributed by atoms with van der Waals surface area (Å²) >= 11 is 0. The molecule has 5 nitrogen and oxygen atoms in total. The van der Waals surface area contributed by atoms with Crippen molar-refractivity contribution in [3.63, 3.8) is 0 Å². The zero-order valence-electron chi connectivity index (χ0n) is 14.7. The lowest BCUT2D eigenvalue weighted by Crippen LogP contribution is -2.43. The highest BCUT2D eigenvalue weighted by atomic mass is 16.1. The van der Waals surface area contributed by atoms with Gasteiger partial charge in [-0.1, -0.05) is 36.4 Å². The molecule has 3 rings (SSSR count). The molecular weight excluding hydrogens is 312 g/mol. The predicted octanol–water partition coefficient (Wildman–Crippen LogP) is 2.78. The number of benzene rings is 2. The fourth-order valence-corrected chi connectivity index (χ4v) is 3.15. The van der Waals surface area contributed by atoms with E-state index in [1.807, 2.05) is 31.3 Å². The normalized spacial score (nSPS) is 14.0. The van der Waals surface area contributed by atoms with Gasteiger partial charge in [0.15, 0.2) is 5.96 Å². The van der Waals surface area contributed by atoms with E-state index < -0.39 is 0 Å². The van der Waals surface area contributed by atoms with Crippen LogP contribution in [0.15, 0.2) is 53.5 Å². The van der Waals surface area contributed by atoms with Crippen LogP contribution in [0.4, 0.5) is 5.69 Å². The Labute approximate surface area is 148 Å². The van der Waals surface area contributed by atoms with E-state index in [2.05, 4.69) is 44.8 Å². The SMILES string of the molecule is CN=C(NCc1cccc(NC(C)=O)c1)N1CCc2ccccc2C1. The van der Waals surface area contributed by atoms with Crippen molar-refractivity contribution in [2.75, 3.05) is 18.9 Å². The topological polar surface area (TPSA) is 56.7 Å². The van der Waals surface area contributed by atoms with Gasteiger partial charge < -0.3 is 15.5 Å². The Kier molecular flexibility index (Phi) is 5.33. The first-order valence-electron chi connectivity index (χ1n) is 8.54. The number of guanidine groups is 1. The summed E-state index contributed by atoms with van der Waals surface area (Å²) in [6, 6.07) is 16.4. The van der Waals surface area contributed by atoms with Crippen molar-refractivity contribution in [2.45, 2.75) is 26.4 Å². The predicted molar refractivity (Wildman–Crippen MR) is 102 cm³/mol. The third-order valence-electron chi connectivity index (χ3n) is 4.34. The molecule has 2 N–H and O–H groups in total. The van der Waals surface area contributed by atoms with Crippen LogP contribution in [0.3, 0.4) is 0 Å². The number of rotatable bonds is 3. The van der Waals surface area contributed by atoms with Crippen LogP contribution >= 0.6 is 0 Å². The van der Waals surface area contributed by atoms with E-state index >= 15 is 0 Å². The molecule has 0 aliphatic carbocycles. The van der Waals surface area contributed by atoms with Gasteiger partial charge in [-0.05, 0) is 35.2 Å². The fourth-order valence-electron chi connectivity index (χ4n) is 3.15. The molecular formula is C20H24N4O. The summed E-state index contributed by atoms with van der Waals surface area (Å²) in [7, 11) is 1.82. The molecule has 130 valence electrons. The maximum absolute atomic E-state index is 11.2. The van der Waals surface area contributed by atoms with Crippen molar-refractivity contribution in [3.8, 4) is 0 Å². The molecule has 1 amide bonds. The van der Waals surface area contributed by atoms with E-state index in [-0.39, 0.29) is 5.91 Å². The van der Waals surface area contributed by atoms with Crippen LogP contribution in [0.25, 0.3) is 0 Å². The Balaban J connectivity index is 1.63. The number of aliphatic imine (C=N–C) groups is 1. The van der Waals surface area contributed by atoms with Crippen LogP contribution < -0.4 is 10.6 Å². The second-order valence-electron chi connectivity index (χ2n) is 6.22. The van der Waals surface area contributed by atoms with Gasteiger partial charge in [-0.25, -0.2) is 0 Å². The van der Waals surface area contributed by atoms with Crippen molar-refractivity contribution in [2.24, 2.45) is 4.99 Å². The number of carbonyl (C=O) groups is 1. The van der Waals surface area contributed by atoms with E-state index in [4.69, 9.17) is 0 Å². The molecule has 0 unspecified atom stereocenters. The average molecular weight is 336 g/mol. The van der Waals surface area contributed by atoms with Gasteiger partial charge in [-0.2, -0.15) is 0 Å². The summed E-state index contributed by atoms with van der Waals surface area (Å²) in [6.07, 6.45) is 1.04. The molecule has 0 saturated heterocycles. The molecule has 5 heteroatoms. The first kappa shape index (κ1) is 17.0. The molecule has 0 aromatic heterocycles. The largest absolute Gasteiger partial charge is 0.352 e. The second-order valence-corrected chi connectivity index (χ2v) is 6.22. The van der Waals surface area contributed by atoms with Crippen LogP contribution in [-0.4, -0.2) is 30.4 Å². The summed E-state index contributed by atoms with van der Waals surface area (Å²) in [5.41, 5.74) is 4.71. The lowest BCUT2D eigenvalue weighted by molar-refractivity contribution is -0.114. The monoisotopic (exact) mass is 336 g/mol. The molecule has 25 heavy (non-hydrogen) atoms. The van der Waals surface area contributed by atoms with Gasteiger partial charge >= 0.3 is 0 Å². The molecule has 0 atom stereocenters.